The van der Waals surface area contributed by atoms with E-state index >= 15 is 0 Å². The molecule has 0 saturated carbocycles. The molecule has 1 aromatic carbocycles. The Labute approximate surface area is 123 Å². The first-order chi connectivity index (χ1) is 10.1. The van der Waals surface area contributed by atoms with Crippen LogP contribution in [0.1, 0.15) is 12.0 Å². The van der Waals surface area contributed by atoms with Gasteiger partial charge in [-0.15, -0.1) is 0 Å². The summed E-state index contributed by atoms with van der Waals surface area (Å²) in [7, 11) is 2.00. The summed E-state index contributed by atoms with van der Waals surface area (Å²) in [5.74, 6) is -0.753. The number of carbonyl (C=O) groups is 1. The second kappa shape index (κ2) is 5.77. The Balaban J connectivity index is 1.94. The Morgan fingerprint density at radius 3 is 2.81 bits per heavy atom. The minimum atomic E-state index is -0.753. The first-order valence-electron chi connectivity index (χ1n) is 7.27. The third kappa shape index (κ3) is 2.88. The van der Waals surface area contributed by atoms with Gasteiger partial charge in [0.2, 0.25) is 0 Å². The van der Waals surface area contributed by atoms with Crippen molar-refractivity contribution in [2.75, 3.05) is 31.2 Å². The van der Waals surface area contributed by atoms with E-state index in [1.165, 1.54) is 5.69 Å². The number of rotatable bonds is 4. The van der Waals surface area contributed by atoms with E-state index in [0.717, 1.165) is 42.8 Å². The van der Waals surface area contributed by atoms with Crippen molar-refractivity contribution in [2.45, 2.75) is 12.8 Å². The lowest BCUT2D eigenvalue weighted by Gasteiger charge is -2.29. The van der Waals surface area contributed by atoms with Crippen LogP contribution in [0.15, 0.2) is 24.4 Å². The molecule has 5 heteroatoms. The molecule has 0 radical (unpaired) electrons. The van der Waals surface area contributed by atoms with E-state index in [-0.39, 0.29) is 6.42 Å². The van der Waals surface area contributed by atoms with E-state index in [9.17, 15) is 4.79 Å². The molecule has 112 valence electrons. The smallest absolute Gasteiger partial charge is 0.303 e. The van der Waals surface area contributed by atoms with Gasteiger partial charge >= 0.3 is 5.97 Å². The van der Waals surface area contributed by atoms with Gasteiger partial charge in [-0.3, -0.25) is 4.79 Å². The van der Waals surface area contributed by atoms with E-state index in [2.05, 4.69) is 27.7 Å². The maximum absolute atomic E-state index is 10.8. The van der Waals surface area contributed by atoms with Crippen LogP contribution in [-0.4, -0.2) is 41.9 Å². The highest BCUT2D eigenvalue weighted by molar-refractivity contribution is 5.87. The number of benzene rings is 1. The first-order valence-corrected chi connectivity index (χ1v) is 7.27. The first kappa shape index (κ1) is 13.9. The molecule has 0 aliphatic carbocycles. The van der Waals surface area contributed by atoms with Crippen molar-refractivity contribution < 1.29 is 14.6 Å². The number of nitrogens with zero attached hydrogens (tertiary/aromatic N) is 2. The van der Waals surface area contributed by atoms with Gasteiger partial charge in [0.05, 0.1) is 13.2 Å². The predicted octanol–water partition coefficient (Wildman–Crippen LogP) is 2.03. The van der Waals surface area contributed by atoms with Gasteiger partial charge in [-0.1, -0.05) is 0 Å². The van der Waals surface area contributed by atoms with E-state index in [1.807, 2.05) is 13.2 Å². The molecular formula is C16H20N2O3. The molecule has 1 fully saturated rings. The third-order valence-electron chi connectivity index (χ3n) is 4.04. The maximum atomic E-state index is 10.8. The third-order valence-corrected chi connectivity index (χ3v) is 4.04. The minimum Gasteiger partial charge on any atom is -0.481 e. The molecule has 0 bridgehead atoms. The summed E-state index contributed by atoms with van der Waals surface area (Å²) in [5, 5.41) is 10.0. The second-order valence-corrected chi connectivity index (χ2v) is 5.46. The molecule has 1 saturated heterocycles. The lowest BCUT2D eigenvalue weighted by Crippen LogP contribution is -2.36. The highest BCUT2D eigenvalue weighted by atomic mass is 16.5. The lowest BCUT2D eigenvalue weighted by molar-refractivity contribution is -0.136. The van der Waals surface area contributed by atoms with Crippen molar-refractivity contribution in [2.24, 2.45) is 7.05 Å². The van der Waals surface area contributed by atoms with Crippen LogP contribution in [0.3, 0.4) is 0 Å². The molecule has 1 aromatic heterocycles. The normalized spacial score (nSPS) is 15.6. The highest BCUT2D eigenvalue weighted by Gasteiger charge is 2.14. The van der Waals surface area contributed by atoms with Crippen LogP contribution in [-0.2, 0) is 23.0 Å². The molecule has 3 rings (SSSR count). The van der Waals surface area contributed by atoms with E-state index in [4.69, 9.17) is 9.84 Å². The van der Waals surface area contributed by atoms with E-state index < -0.39 is 5.97 Å². The number of anilines is 1. The fourth-order valence-electron chi connectivity index (χ4n) is 2.92. The molecule has 5 nitrogen and oxygen atoms in total. The summed E-state index contributed by atoms with van der Waals surface area (Å²) < 4.78 is 7.46. The van der Waals surface area contributed by atoms with Gasteiger partial charge in [0.25, 0.3) is 0 Å². The zero-order valence-electron chi connectivity index (χ0n) is 12.2. The molecule has 1 aliphatic rings. The average molecular weight is 288 g/mol. The Kier molecular flexibility index (Phi) is 3.84. The Bertz CT molecular complexity index is 657. The molecule has 21 heavy (non-hydrogen) atoms. The average Bonchev–Trinajstić information content (AvgIpc) is 2.82. The summed E-state index contributed by atoms with van der Waals surface area (Å²) in [5.41, 5.74) is 3.44. The number of hydrogen-bond acceptors (Lipinski definition) is 3. The highest BCUT2D eigenvalue weighted by Crippen LogP contribution is 2.27. The van der Waals surface area contributed by atoms with Crippen LogP contribution in [0.25, 0.3) is 10.9 Å². The van der Waals surface area contributed by atoms with Crippen molar-refractivity contribution in [3.8, 4) is 0 Å². The molecule has 0 atom stereocenters. The molecular weight excluding hydrogens is 268 g/mol. The van der Waals surface area contributed by atoms with Gasteiger partial charge in [0, 0.05) is 49.3 Å². The number of hydrogen-bond donors (Lipinski definition) is 1. The zero-order chi connectivity index (χ0) is 14.8. The summed E-state index contributed by atoms with van der Waals surface area (Å²) in [4.78, 5) is 13.1. The molecule has 0 unspecified atom stereocenters. The van der Waals surface area contributed by atoms with Crippen LogP contribution < -0.4 is 4.90 Å². The van der Waals surface area contributed by atoms with Crippen LogP contribution in [0, 0.1) is 0 Å². The van der Waals surface area contributed by atoms with Crippen LogP contribution >= 0.6 is 0 Å². The molecule has 1 aliphatic heterocycles. The zero-order valence-corrected chi connectivity index (χ0v) is 12.2. The largest absolute Gasteiger partial charge is 0.481 e. The van der Waals surface area contributed by atoms with Gasteiger partial charge in [-0.2, -0.15) is 0 Å². The quantitative estimate of drug-likeness (QED) is 0.935. The van der Waals surface area contributed by atoms with Gasteiger partial charge in [0.15, 0.2) is 0 Å². The predicted molar refractivity (Wildman–Crippen MR) is 81.9 cm³/mol. The van der Waals surface area contributed by atoms with Crippen molar-refractivity contribution in [1.29, 1.82) is 0 Å². The Morgan fingerprint density at radius 1 is 1.33 bits per heavy atom. The monoisotopic (exact) mass is 288 g/mol. The number of ether oxygens (including phenoxy) is 1. The molecule has 2 aromatic rings. The molecule has 2 heterocycles. The number of aliphatic carboxylic acids is 1. The van der Waals surface area contributed by atoms with Crippen LogP contribution in [0.4, 0.5) is 5.69 Å². The van der Waals surface area contributed by atoms with Crippen LogP contribution in [0.2, 0.25) is 0 Å². The summed E-state index contributed by atoms with van der Waals surface area (Å²) in [6.07, 6.45) is 2.77. The maximum Gasteiger partial charge on any atom is 0.303 e. The summed E-state index contributed by atoms with van der Waals surface area (Å²) in [6.45, 7) is 3.34. The number of carboxylic acid groups (broad SMARTS) is 1. The van der Waals surface area contributed by atoms with Gasteiger partial charge in [-0.25, -0.2) is 0 Å². The van der Waals surface area contributed by atoms with Crippen molar-refractivity contribution in [1.82, 2.24) is 4.57 Å². The number of fused-ring (bicyclic) bond motifs is 1. The van der Waals surface area contributed by atoms with Gasteiger partial charge in [-0.05, 0) is 30.2 Å². The fourth-order valence-corrected chi connectivity index (χ4v) is 2.92. The number of aryl methyl sites for hydroxylation is 2. The van der Waals surface area contributed by atoms with E-state index in [1.54, 1.807) is 0 Å². The van der Waals surface area contributed by atoms with E-state index in [0.29, 0.717) is 6.42 Å². The van der Waals surface area contributed by atoms with Gasteiger partial charge in [0.1, 0.15) is 0 Å². The van der Waals surface area contributed by atoms with Gasteiger partial charge < -0.3 is 19.3 Å². The standard InChI is InChI=1S/C16H20N2O3/c1-17-11-12(2-5-16(19)20)14-10-13(3-4-15(14)17)18-6-8-21-9-7-18/h3-4,10-11H,2,5-9H2,1H3,(H,19,20). The summed E-state index contributed by atoms with van der Waals surface area (Å²) >= 11 is 0. The van der Waals surface area contributed by atoms with Crippen molar-refractivity contribution in [3.63, 3.8) is 0 Å². The van der Waals surface area contributed by atoms with Crippen molar-refractivity contribution in [3.05, 3.63) is 30.0 Å². The second-order valence-electron chi connectivity index (χ2n) is 5.46. The SMILES string of the molecule is Cn1cc(CCC(=O)O)c2cc(N3CCOCC3)ccc21. The topological polar surface area (TPSA) is 54.7 Å². The minimum absolute atomic E-state index is 0.168. The molecule has 0 spiro atoms. The lowest BCUT2D eigenvalue weighted by atomic mass is 10.1. The number of aromatic nitrogens is 1. The number of morpholine rings is 1. The number of carboxylic acids is 1. The fraction of sp³-hybridized carbons (Fsp3) is 0.438. The molecule has 1 N–H and O–H groups in total. The summed E-state index contributed by atoms with van der Waals surface area (Å²) in [6, 6.07) is 6.43. The Hall–Kier alpha value is -2.01. The molecule has 0 amide bonds. The van der Waals surface area contributed by atoms with Crippen LogP contribution in [0.5, 0.6) is 0 Å². The van der Waals surface area contributed by atoms with Crippen molar-refractivity contribution >= 4 is 22.6 Å². The Morgan fingerprint density at radius 2 is 2.10 bits per heavy atom.